The lowest BCUT2D eigenvalue weighted by molar-refractivity contribution is 0.415. The van der Waals surface area contributed by atoms with Gasteiger partial charge in [-0.1, -0.05) is 30.3 Å². The number of benzene rings is 2. The summed E-state index contributed by atoms with van der Waals surface area (Å²) in [6, 6.07) is 17.0. The number of aryl methyl sites for hydroxylation is 1. The van der Waals surface area contributed by atoms with Crippen LogP contribution in [0.5, 0.6) is 5.75 Å². The van der Waals surface area contributed by atoms with Crippen molar-refractivity contribution in [2.75, 3.05) is 7.11 Å². The number of thiazole rings is 1. The second kappa shape index (κ2) is 7.61. The maximum absolute atomic E-state index is 12.8. The van der Waals surface area contributed by atoms with E-state index in [-0.39, 0.29) is 11.2 Å². The first-order valence-electron chi connectivity index (χ1n) is 8.54. The summed E-state index contributed by atoms with van der Waals surface area (Å²) < 4.78 is 6.52. The molecule has 0 amide bonds. The van der Waals surface area contributed by atoms with Crippen molar-refractivity contribution in [3.05, 3.63) is 76.0 Å². The summed E-state index contributed by atoms with van der Waals surface area (Å²) in [5, 5.41) is 13.8. The number of H-pyrrole nitrogens is 1. The molecule has 4 rings (SSSR count). The molecule has 0 aliphatic rings. The lowest BCUT2D eigenvalue weighted by Crippen LogP contribution is -2.13. The predicted octanol–water partition coefficient (Wildman–Crippen LogP) is 5.02. The summed E-state index contributed by atoms with van der Waals surface area (Å²) in [4.78, 5) is 17.3. The van der Waals surface area contributed by atoms with Gasteiger partial charge >= 0.3 is 5.56 Å². The minimum Gasteiger partial charge on any atom is -0.497 e. The third-order valence-corrected chi connectivity index (χ3v) is 4.96. The van der Waals surface area contributed by atoms with Gasteiger partial charge in [0.25, 0.3) is 0 Å². The molecule has 140 valence electrons. The fourth-order valence-electron chi connectivity index (χ4n) is 2.66. The van der Waals surface area contributed by atoms with Crippen molar-refractivity contribution in [1.29, 1.82) is 0 Å². The number of nitrogens with one attached hydrogen (secondary N) is 1. The Balaban J connectivity index is 1.63. The van der Waals surface area contributed by atoms with E-state index in [1.807, 2.05) is 35.7 Å². The molecule has 2 aromatic carbocycles. The van der Waals surface area contributed by atoms with Gasteiger partial charge in [0, 0.05) is 10.9 Å². The average Bonchev–Trinajstić information content (AvgIpc) is 3.32. The number of hydrogen-bond acceptors (Lipinski definition) is 6. The monoisotopic (exact) mass is 391 g/mol. The first-order valence-corrected chi connectivity index (χ1v) is 9.42. The maximum atomic E-state index is 12.8. The van der Waals surface area contributed by atoms with E-state index >= 15 is 0 Å². The molecule has 2 aromatic heterocycles. The topological polar surface area (TPSA) is 84.6 Å². The van der Waals surface area contributed by atoms with Gasteiger partial charge in [-0.2, -0.15) is 9.80 Å². The van der Waals surface area contributed by atoms with Gasteiger partial charge in [-0.15, -0.1) is 16.5 Å². The van der Waals surface area contributed by atoms with Crippen LogP contribution >= 0.6 is 11.3 Å². The number of rotatable bonds is 5. The number of hydrogen-bond donors (Lipinski definition) is 1. The van der Waals surface area contributed by atoms with E-state index in [2.05, 4.69) is 20.3 Å². The van der Waals surface area contributed by atoms with Crippen LogP contribution in [0.15, 0.2) is 75.0 Å². The van der Waals surface area contributed by atoms with Gasteiger partial charge in [-0.3, -0.25) is 9.89 Å². The lowest BCUT2D eigenvalue weighted by atomic mass is 10.2. The summed E-state index contributed by atoms with van der Waals surface area (Å²) >= 11 is 1.39. The quantitative estimate of drug-likeness (QED) is 0.485. The highest BCUT2D eigenvalue weighted by molar-refractivity contribution is 7.12. The average molecular weight is 391 g/mol. The zero-order chi connectivity index (χ0) is 19.5. The third-order valence-electron chi connectivity index (χ3n) is 4.13. The van der Waals surface area contributed by atoms with Gasteiger partial charge in [0.2, 0.25) is 5.13 Å². The molecule has 2 heterocycles. The van der Waals surface area contributed by atoms with Crippen LogP contribution in [-0.2, 0) is 0 Å². The summed E-state index contributed by atoms with van der Waals surface area (Å²) in [6.07, 6.45) is 0. The predicted molar refractivity (Wildman–Crippen MR) is 109 cm³/mol. The Hall–Kier alpha value is -3.52. The molecule has 0 fully saturated rings. The fraction of sp³-hybridized carbons (Fsp3) is 0.100. The standard InChI is InChI=1S/C20H17N5O2S/c1-13-18(23-22-15-8-10-16(27-2)11-9-15)19(26)25(24-13)20-21-17(12-28-20)14-6-4-3-5-7-14/h3-12,24H,1-2H3. The highest BCUT2D eigenvalue weighted by Gasteiger charge is 2.15. The first kappa shape index (κ1) is 17.9. The number of nitrogens with zero attached hydrogens (tertiary/aromatic N) is 4. The van der Waals surface area contributed by atoms with Crippen LogP contribution in [0.25, 0.3) is 16.4 Å². The maximum Gasteiger partial charge on any atom is 0.301 e. The molecule has 0 bridgehead atoms. The van der Waals surface area contributed by atoms with Gasteiger partial charge in [0.15, 0.2) is 5.69 Å². The SMILES string of the molecule is COc1ccc(N=Nc2c(C)[nH]n(-c3nc(-c4ccccc4)cs3)c2=O)cc1. The lowest BCUT2D eigenvalue weighted by Gasteiger charge is -1.97. The van der Waals surface area contributed by atoms with Crippen molar-refractivity contribution in [2.24, 2.45) is 10.2 Å². The number of methoxy groups -OCH3 is 1. The zero-order valence-corrected chi connectivity index (χ0v) is 16.1. The van der Waals surface area contributed by atoms with Crippen LogP contribution in [0.2, 0.25) is 0 Å². The highest BCUT2D eigenvalue weighted by atomic mass is 32.1. The minimum atomic E-state index is -0.288. The Kier molecular flexibility index (Phi) is 4.86. The van der Waals surface area contributed by atoms with Gasteiger partial charge < -0.3 is 4.74 Å². The summed E-state index contributed by atoms with van der Waals surface area (Å²) in [6.45, 7) is 1.78. The van der Waals surface area contributed by atoms with E-state index in [9.17, 15) is 4.79 Å². The van der Waals surface area contributed by atoms with E-state index in [0.29, 0.717) is 16.5 Å². The molecule has 0 aliphatic heterocycles. The normalized spacial score (nSPS) is 11.2. The summed E-state index contributed by atoms with van der Waals surface area (Å²) in [7, 11) is 1.60. The van der Waals surface area contributed by atoms with Gasteiger partial charge in [-0.25, -0.2) is 4.98 Å². The molecule has 0 spiro atoms. The number of aromatic amines is 1. The molecule has 4 aromatic rings. The van der Waals surface area contributed by atoms with Crippen molar-refractivity contribution in [1.82, 2.24) is 14.8 Å². The smallest absolute Gasteiger partial charge is 0.301 e. The molecule has 7 nitrogen and oxygen atoms in total. The van der Waals surface area contributed by atoms with Crippen LogP contribution in [-0.4, -0.2) is 21.9 Å². The van der Waals surface area contributed by atoms with Gasteiger partial charge in [0.1, 0.15) is 5.75 Å². The largest absolute Gasteiger partial charge is 0.497 e. The Morgan fingerprint density at radius 3 is 2.54 bits per heavy atom. The zero-order valence-electron chi connectivity index (χ0n) is 15.3. The number of azo groups is 1. The van der Waals surface area contributed by atoms with Crippen LogP contribution < -0.4 is 10.3 Å². The van der Waals surface area contributed by atoms with Gasteiger partial charge in [-0.05, 0) is 31.2 Å². The molecule has 0 saturated heterocycles. The van der Waals surface area contributed by atoms with Crippen LogP contribution in [0, 0.1) is 6.92 Å². The molecule has 0 radical (unpaired) electrons. The molecule has 1 N–H and O–H groups in total. The summed E-state index contributed by atoms with van der Waals surface area (Å²) in [5.41, 5.74) is 3.05. The molecule has 0 atom stereocenters. The van der Waals surface area contributed by atoms with Crippen LogP contribution in [0.3, 0.4) is 0 Å². The van der Waals surface area contributed by atoms with Crippen LogP contribution in [0.1, 0.15) is 5.69 Å². The third kappa shape index (κ3) is 3.49. The summed E-state index contributed by atoms with van der Waals surface area (Å²) in [5.74, 6) is 0.733. The van der Waals surface area contributed by atoms with Crippen molar-refractivity contribution < 1.29 is 4.74 Å². The van der Waals surface area contributed by atoms with E-state index in [0.717, 1.165) is 17.0 Å². The molecular weight excluding hydrogens is 374 g/mol. The van der Waals surface area contributed by atoms with E-state index in [1.165, 1.54) is 16.0 Å². The molecular formula is C20H17N5O2S. The highest BCUT2D eigenvalue weighted by Crippen LogP contribution is 2.25. The van der Waals surface area contributed by atoms with Crippen molar-refractivity contribution in [3.63, 3.8) is 0 Å². The molecule has 0 unspecified atom stereocenters. The Bertz CT molecular complexity index is 1170. The molecule has 0 aliphatic carbocycles. The first-order chi connectivity index (χ1) is 13.7. The van der Waals surface area contributed by atoms with E-state index < -0.39 is 0 Å². The second-order valence-electron chi connectivity index (χ2n) is 6.01. The number of ether oxygens (including phenoxy) is 1. The fourth-order valence-corrected chi connectivity index (χ4v) is 3.45. The van der Waals surface area contributed by atoms with E-state index in [4.69, 9.17) is 4.74 Å². The molecule has 8 heteroatoms. The Morgan fingerprint density at radius 2 is 1.82 bits per heavy atom. The number of aromatic nitrogens is 3. The Morgan fingerprint density at radius 1 is 1.07 bits per heavy atom. The van der Waals surface area contributed by atoms with Gasteiger partial charge in [0.05, 0.1) is 24.2 Å². The van der Waals surface area contributed by atoms with Crippen molar-refractivity contribution in [3.8, 4) is 22.1 Å². The minimum absolute atomic E-state index is 0.257. The van der Waals surface area contributed by atoms with E-state index in [1.54, 1.807) is 38.3 Å². The molecule has 0 saturated carbocycles. The molecule has 28 heavy (non-hydrogen) atoms. The Labute approximate surface area is 165 Å². The van der Waals surface area contributed by atoms with Crippen LogP contribution in [0.4, 0.5) is 11.4 Å². The van der Waals surface area contributed by atoms with Crippen molar-refractivity contribution in [2.45, 2.75) is 6.92 Å². The second-order valence-corrected chi connectivity index (χ2v) is 6.84. The van der Waals surface area contributed by atoms with Crippen molar-refractivity contribution >= 4 is 22.7 Å².